The monoisotopic (exact) mass is 360 g/mol. The summed E-state index contributed by atoms with van der Waals surface area (Å²) >= 11 is 11.9. The van der Waals surface area contributed by atoms with E-state index in [2.05, 4.69) is 5.32 Å². The van der Waals surface area contributed by atoms with Crippen LogP contribution < -0.4 is 10.1 Å². The minimum Gasteiger partial charge on any atom is -0.495 e. The summed E-state index contributed by atoms with van der Waals surface area (Å²) in [6.45, 7) is 2.60. The van der Waals surface area contributed by atoms with Crippen LogP contribution in [-0.4, -0.2) is 42.2 Å². The lowest BCUT2D eigenvalue weighted by atomic mass is 9.91. The van der Waals surface area contributed by atoms with Crippen LogP contribution in [0.5, 0.6) is 5.75 Å². The number of carbonyl (C=O) groups is 2. The fourth-order valence-electron chi connectivity index (χ4n) is 2.69. The lowest BCUT2D eigenvalue weighted by Crippen LogP contribution is -2.47. The Bertz CT molecular complexity index is 624. The highest BCUT2D eigenvalue weighted by atomic mass is 35.5. The number of piperidine rings is 1. The fraction of sp³-hybridized carbons (Fsp3) is 0.467. The normalized spacial score (nSPS) is 21.0. The van der Waals surface area contributed by atoms with Crippen LogP contribution in [0.1, 0.15) is 13.3 Å². The molecule has 1 heterocycles. The number of amides is 2. The standard InChI is InChI=1S/C15H18Cl2N2O4/c1-8-3-9(14(20)21)7-19(6-8)15(22)18-12-4-10(16)11(17)5-13(12)23-2/h4-5,8-9H,3,6-7H2,1-2H3,(H,18,22)(H,20,21). The van der Waals surface area contributed by atoms with Gasteiger partial charge in [-0.2, -0.15) is 0 Å². The molecule has 0 aromatic heterocycles. The Morgan fingerprint density at radius 1 is 1.30 bits per heavy atom. The minimum atomic E-state index is -0.888. The van der Waals surface area contributed by atoms with Gasteiger partial charge in [0.05, 0.1) is 28.8 Å². The molecule has 2 unspecified atom stereocenters. The van der Waals surface area contributed by atoms with Gasteiger partial charge in [0.1, 0.15) is 5.75 Å². The molecule has 1 aliphatic rings. The molecule has 6 nitrogen and oxygen atoms in total. The van der Waals surface area contributed by atoms with Gasteiger partial charge in [0.25, 0.3) is 0 Å². The van der Waals surface area contributed by atoms with Crippen molar-refractivity contribution in [2.24, 2.45) is 11.8 Å². The number of carbonyl (C=O) groups excluding carboxylic acids is 1. The number of aliphatic carboxylic acids is 1. The average Bonchev–Trinajstić information content (AvgIpc) is 2.49. The van der Waals surface area contributed by atoms with E-state index in [9.17, 15) is 14.7 Å². The second-order valence-electron chi connectivity index (χ2n) is 5.68. The van der Waals surface area contributed by atoms with Gasteiger partial charge < -0.3 is 20.1 Å². The zero-order chi connectivity index (χ0) is 17.1. The van der Waals surface area contributed by atoms with Crippen LogP contribution in [-0.2, 0) is 4.79 Å². The number of anilines is 1. The first-order chi connectivity index (χ1) is 10.8. The third-order valence-corrected chi connectivity index (χ3v) is 4.50. The Kier molecular flexibility index (Phi) is 5.59. The second-order valence-corrected chi connectivity index (χ2v) is 6.49. The molecule has 0 bridgehead atoms. The summed E-state index contributed by atoms with van der Waals surface area (Å²) < 4.78 is 5.18. The Morgan fingerprint density at radius 2 is 1.96 bits per heavy atom. The number of carboxylic acids is 1. The third-order valence-electron chi connectivity index (χ3n) is 3.78. The van der Waals surface area contributed by atoms with Crippen LogP contribution in [0.25, 0.3) is 0 Å². The van der Waals surface area contributed by atoms with Crippen LogP contribution in [0.15, 0.2) is 12.1 Å². The number of benzene rings is 1. The van der Waals surface area contributed by atoms with E-state index in [4.69, 9.17) is 27.9 Å². The number of hydrogen-bond donors (Lipinski definition) is 2. The zero-order valence-corrected chi connectivity index (χ0v) is 14.3. The van der Waals surface area contributed by atoms with Gasteiger partial charge in [-0.1, -0.05) is 30.1 Å². The van der Waals surface area contributed by atoms with E-state index < -0.39 is 11.9 Å². The molecular weight excluding hydrogens is 343 g/mol. The van der Waals surface area contributed by atoms with Crippen LogP contribution in [0.4, 0.5) is 10.5 Å². The van der Waals surface area contributed by atoms with Crippen molar-refractivity contribution in [1.29, 1.82) is 0 Å². The van der Waals surface area contributed by atoms with E-state index in [0.29, 0.717) is 29.4 Å². The lowest BCUT2D eigenvalue weighted by Gasteiger charge is -2.34. The predicted molar refractivity (Wildman–Crippen MR) is 88.5 cm³/mol. The van der Waals surface area contributed by atoms with E-state index in [1.54, 1.807) is 0 Å². The van der Waals surface area contributed by atoms with Crippen molar-refractivity contribution < 1.29 is 19.4 Å². The molecule has 1 saturated heterocycles. The highest BCUT2D eigenvalue weighted by Gasteiger charge is 2.32. The number of halogens is 2. The number of ether oxygens (including phenoxy) is 1. The van der Waals surface area contributed by atoms with Crippen LogP contribution in [0, 0.1) is 11.8 Å². The molecule has 2 amide bonds. The summed E-state index contributed by atoms with van der Waals surface area (Å²) in [5.74, 6) is -0.944. The second kappa shape index (κ2) is 7.27. The van der Waals surface area contributed by atoms with Gasteiger partial charge in [0, 0.05) is 19.2 Å². The maximum absolute atomic E-state index is 12.4. The molecule has 0 saturated carbocycles. The van der Waals surface area contributed by atoms with Crippen LogP contribution in [0.2, 0.25) is 10.0 Å². The lowest BCUT2D eigenvalue weighted by molar-refractivity contribution is -0.143. The van der Waals surface area contributed by atoms with E-state index in [1.807, 2.05) is 6.92 Å². The number of carboxylic acid groups (broad SMARTS) is 1. The molecule has 0 aliphatic carbocycles. The van der Waals surface area contributed by atoms with Gasteiger partial charge >= 0.3 is 12.0 Å². The van der Waals surface area contributed by atoms with Gasteiger partial charge in [-0.05, 0) is 18.4 Å². The number of rotatable bonds is 3. The average molecular weight is 361 g/mol. The molecule has 0 radical (unpaired) electrons. The van der Waals surface area contributed by atoms with Crippen LogP contribution >= 0.6 is 23.2 Å². The van der Waals surface area contributed by atoms with Crippen molar-refractivity contribution in [2.45, 2.75) is 13.3 Å². The van der Waals surface area contributed by atoms with E-state index >= 15 is 0 Å². The molecule has 2 atom stereocenters. The van der Waals surface area contributed by atoms with Gasteiger partial charge in [0.15, 0.2) is 0 Å². The van der Waals surface area contributed by atoms with Crippen LogP contribution in [0.3, 0.4) is 0 Å². The molecule has 1 aromatic rings. The van der Waals surface area contributed by atoms with Crippen molar-refractivity contribution in [2.75, 3.05) is 25.5 Å². The van der Waals surface area contributed by atoms with Gasteiger partial charge in [0.2, 0.25) is 0 Å². The number of nitrogens with zero attached hydrogens (tertiary/aromatic N) is 1. The molecule has 126 valence electrons. The highest BCUT2D eigenvalue weighted by molar-refractivity contribution is 6.42. The first-order valence-electron chi connectivity index (χ1n) is 7.13. The number of nitrogens with one attached hydrogen (secondary N) is 1. The van der Waals surface area contributed by atoms with Gasteiger partial charge in [-0.15, -0.1) is 0 Å². The predicted octanol–water partition coefficient (Wildman–Crippen LogP) is 3.58. The summed E-state index contributed by atoms with van der Waals surface area (Å²) in [5, 5.41) is 12.5. The Morgan fingerprint density at radius 3 is 2.57 bits per heavy atom. The fourth-order valence-corrected chi connectivity index (χ4v) is 3.00. The van der Waals surface area contributed by atoms with Crippen molar-refractivity contribution in [3.63, 3.8) is 0 Å². The van der Waals surface area contributed by atoms with Crippen molar-refractivity contribution in [3.05, 3.63) is 22.2 Å². The quantitative estimate of drug-likeness (QED) is 0.863. The van der Waals surface area contributed by atoms with Crippen molar-refractivity contribution in [1.82, 2.24) is 4.90 Å². The topological polar surface area (TPSA) is 78.9 Å². The molecule has 1 aromatic carbocycles. The number of methoxy groups -OCH3 is 1. The Hall–Kier alpha value is -1.66. The molecule has 8 heteroatoms. The number of hydrogen-bond acceptors (Lipinski definition) is 3. The van der Waals surface area contributed by atoms with E-state index in [-0.39, 0.29) is 23.5 Å². The van der Waals surface area contributed by atoms with Gasteiger partial charge in [-0.3, -0.25) is 4.79 Å². The minimum absolute atomic E-state index is 0.117. The molecule has 1 aliphatic heterocycles. The molecule has 2 N–H and O–H groups in total. The molecular formula is C15H18Cl2N2O4. The Labute approximate surface area is 144 Å². The molecule has 1 fully saturated rings. The first kappa shape index (κ1) is 17.7. The molecule has 0 spiro atoms. The zero-order valence-electron chi connectivity index (χ0n) is 12.8. The number of likely N-dealkylation sites (tertiary alicyclic amines) is 1. The maximum atomic E-state index is 12.4. The smallest absolute Gasteiger partial charge is 0.321 e. The summed E-state index contributed by atoms with van der Waals surface area (Å²) in [6.07, 6.45) is 0.565. The number of urea groups is 1. The third kappa shape index (κ3) is 4.20. The largest absolute Gasteiger partial charge is 0.495 e. The van der Waals surface area contributed by atoms with E-state index in [0.717, 1.165) is 0 Å². The van der Waals surface area contributed by atoms with E-state index in [1.165, 1.54) is 24.1 Å². The molecule has 23 heavy (non-hydrogen) atoms. The summed E-state index contributed by atoms with van der Waals surface area (Å²) in [5.41, 5.74) is 0.386. The van der Waals surface area contributed by atoms with Crippen molar-refractivity contribution >= 4 is 40.9 Å². The maximum Gasteiger partial charge on any atom is 0.321 e. The summed E-state index contributed by atoms with van der Waals surface area (Å²) in [6, 6.07) is 2.63. The summed E-state index contributed by atoms with van der Waals surface area (Å²) in [7, 11) is 1.46. The van der Waals surface area contributed by atoms with Crippen molar-refractivity contribution in [3.8, 4) is 5.75 Å². The summed E-state index contributed by atoms with van der Waals surface area (Å²) in [4.78, 5) is 25.1. The highest BCUT2D eigenvalue weighted by Crippen LogP contribution is 2.34. The molecule has 2 rings (SSSR count). The SMILES string of the molecule is COc1cc(Cl)c(Cl)cc1NC(=O)N1CC(C)CC(C(=O)O)C1. The first-order valence-corrected chi connectivity index (χ1v) is 7.89. The van der Waals surface area contributed by atoms with Gasteiger partial charge in [-0.25, -0.2) is 4.79 Å². The Balaban J connectivity index is 2.15.